The molecule has 3 heterocycles. The minimum absolute atomic E-state index is 0.331. The molecule has 0 radical (unpaired) electrons. The smallest absolute Gasteiger partial charge is 0.399 e. The van der Waals surface area contributed by atoms with E-state index >= 15 is 0 Å². The molecule has 1 aliphatic carbocycles. The van der Waals surface area contributed by atoms with Crippen LogP contribution in [0.1, 0.15) is 58.8 Å². The molecule has 0 N–H and O–H groups in total. The third-order valence-corrected chi connectivity index (χ3v) is 7.72. The Morgan fingerprint density at radius 2 is 1.79 bits per heavy atom. The zero-order valence-corrected chi connectivity index (χ0v) is 20.9. The highest BCUT2D eigenvalue weighted by Gasteiger charge is 2.52. The lowest BCUT2D eigenvalue weighted by Gasteiger charge is -2.32. The molecule has 0 amide bonds. The van der Waals surface area contributed by atoms with E-state index in [0.717, 1.165) is 23.9 Å². The summed E-state index contributed by atoms with van der Waals surface area (Å²) < 4.78 is 25.1. The third-order valence-electron chi connectivity index (χ3n) is 7.72. The van der Waals surface area contributed by atoms with Crippen LogP contribution in [0.15, 0.2) is 41.2 Å². The summed E-state index contributed by atoms with van der Waals surface area (Å²) in [5, 5.41) is 8.77. The Balaban J connectivity index is 1.39. The lowest BCUT2D eigenvalue weighted by atomic mass is 9.73. The van der Waals surface area contributed by atoms with Gasteiger partial charge in [0.05, 0.1) is 41.5 Å². The summed E-state index contributed by atoms with van der Waals surface area (Å²) in [5.41, 5.74) is 1.93. The largest absolute Gasteiger partial charge is 0.494 e. The Bertz CT molecular complexity index is 1140. The average molecular weight is 464 g/mol. The number of benzene rings is 1. The Hall–Kier alpha value is -2.49. The van der Waals surface area contributed by atoms with Crippen LogP contribution in [-0.4, -0.2) is 52.0 Å². The molecule has 2 fully saturated rings. The molecule has 3 aromatic rings. The van der Waals surface area contributed by atoms with Crippen molar-refractivity contribution in [1.29, 1.82) is 0 Å². The van der Waals surface area contributed by atoms with Gasteiger partial charge in [-0.25, -0.2) is 0 Å². The van der Waals surface area contributed by atoms with Gasteiger partial charge in [-0.2, -0.15) is 10.1 Å². The fourth-order valence-corrected chi connectivity index (χ4v) is 4.51. The SMILES string of the molecule is COCCn1cc(-c2nc([C@@](C)(c3ccc(B4OC(C)(C)C(C)(C)O4)cc3)C3CC3)no2)cn1. The van der Waals surface area contributed by atoms with Gasteiger partial charge in [-0.3, -0.25) is 4.68 Å². The number of hydrogen-bond acceptors (Lipinski definition) is 7. The Labute approximate surface area is 201 Å². The number of hydrogen-bond donors (Lipinski definition) is 0. The molecule has 1 aromatic carbocycles. The zero-order valence-electron chi connectivity index (χ0n) is 20.9. The van der Waals surface area contributed by atoms with E-state index in [1.165, 1.54) is 5.56 Å². The maximum Gasteiger partial charge on any atom is 0.494 e. The molecule has 0 unspecified atom stereocenters. The van der Waals surface area contributed by atoms with Gasteiger partial charge in [-0.05, 0) is 64.4 Å². The van der Waals surface area contributed by atoms with Crippen molar-refractivity contribution < 1.29 is 18.6 Å². The molecule has 34 heavy (non-hydrogen) atoms. The topological polar surface area (TPSA) is 84.4 Å². The Kier molecular flexibility index (Phi) is 5.70. The summed E-state index contributed by atoms with van der Waals surface area (Å²) in [6, 6.07) is 8.49. The maximum absolute atomic E-state index is 6.22. The van der Waals surface area contributed by atoms with Crippen LogP contribution < -0.4 is 5.46 Å². The van der Waals surface area contributed by atoms with E-state index in [4.69, 9.17) is 23.6 Å². The van der Waals surface area contributed by atoms with Crippen LogP contribution in [0.3, 0.4) is 0 Å². The van der Waals surface area contributed by atoms with Crippen molar-refractivity contribution in [2.24, 2.45) is 5.92 Å². The first-order valence-corrected chi connectivity index (χ1v) is 12.0. The van der Waals surface area contributed by atoms with Crippen molar-refractivity contribution >= 4 is 12.6 Å². The van der Waals surface area contributed by atoms with Gasteiger partial charge in [-0.1, -0.05) is 29.4 Å². The molecule has 0 bridgehead atoms. The standard InChI is InChI=1S/C25H33BN4O4/c1-23(2)24(3,4)34-26(33-23)20-11-9-19(10-12-20)25(5,18-7-8-18)22-28-21(32-29-22)17-15-27-30(16-17)13-14-31-6/h9-12,15-16,18H,7-8,13-14H2,1-6H3/t25-/m1/s1. The van der Waals surface area contributed by atoms with E-state index in [0.29, 0.717) is 30.8 Å². The summed E-state index contributed by atoms with van der Waals surface area (Å²) in [5.74, 6) is 1.67. The normalized spacial score (nSPS) is 21.1. The number of aromatic nitrogens is 4. The monoisotopic (exact) mass is 464 g/mol. The van der Waals surface area contributed by atoms with Crippen LogP contribution in [0.5, 0.6) is 0 Å². The summed E-state index contributed by atoms with van der Waals surface area (Å²) in [7, 11) is 1.30. The summed E-state index contributed by atoms with van der Waals surface area (Å²) in [6.45, 7) is 11.8. The van der Waals surface area contributed by atoms with Gasteiger partial charge in [0, 0.05) is 13.3 Å². The minimum atomic E-state index is -0.377. The van der Waals surface area contributed by atoms with Crippen molar-refractivity contribution in [3.05, 3.63) is 48.0 Å². The van der Waals surface area contributed by atoms with E-state index in [1.807, 2.05) is 10.9 Å². The van der Waals surface area contributed by atoms with Gasteiger partial charge in [0.25, 0.3) is 5.89 Å². The van der Waals surface area contributed by atoms with Gasteiger partial charge >= 0.3 is 7.12 Å². The highest BCUT2D eigenvalue weighted by Crippen LogP contribution is 2.50. The molecule has 1 saturated carbocycles. The molecule has 2 aromatic heterocycles. The van der Waals surface area contributed by atoms with Crippen molar-refractivity contribution in [2.45, 2.75) is 70.6 Å². The zero-order chi connectivity index (χ0) is 24.1. The molecule has 2 aliphatic rings. The fourth-order valence-electron chi connectivity index (χ4n) is 4.51. The van der Waals surface area contributed by atoms with E-state index in [1.54, 1.807) is 13.3 Å². The number of ether oxygens (including phenoxy) is 1. The second-order valence-electron chi connectivity index (χ2n) is 10.6. The van der Waals surface area contributed by atoms with Crippen LogP contribution in [0.4, 0.5) is 0 Å². The molecule has 1 saturated heterocycles. The second kappa shape index (κ2) is 8.32. The summed E-state index contributed by atoms with van der Waals surface area (Å²) in [6.07, 6.45) is 5.95. The molecular formula is C25H33BN4O4. The van der Waals surface area contributed by atoms with Crippen LogP contribution in [0, 0.1) is 5.92 Å². The van der Waals surface area contributed by atoms with E-state index in [-0.39, 0.29) is 23.7 Å². The van der Waals surface area contributed by atoms with E-state index < -0.39 is 0 Å². The van der Waals surface area contributed by atoms with Crippen molar-refractivity contribution in [3.8, 4) is 11.5 Å². The van der Waals surface area contributed by atoms with E-state index in [9.17, 15) is 0 Å². The van der Waals surface area contributed by atoms with Gasteiger partial charge in [0.2, 0.25) is 0 Å². The Morgan fingerprint density at radius 3 is 2.41 bits per heavy atom. The third kappa shape index (κ3) is 3.99. The summed E-state index contributed by atoms with van der Waals surface area (Å²) in [4.78, 5) is 4.81. The van der Waals surface area contributed by atoms with Gasteiger partial charge in [0.15, 0.2) is 5.82 Å². The van der Waals surface area contributed by atoms with Gasteiger partial charge < -0.3 is 18.6 Å². The van der Waals surface area contributed by atoms with Crippen molar-refractivity contribution in [1.82, 2.24) is 19.9 Å². The molecule has 180 valence electrons. The fraction of sp³-hybridized carbons (Fsp3) is 0.560. The first-order valence-electron chi connectivity index (χ1n) is 12.0. The van der Waals surface area contributed by atoms with Crippen molar-refractivity contribution in [3.63, 3.8) is 0 Å². The van der Waals surface area contributed by atoms with Crippen LogP contribution >= 0.6 is 0 Å². The number of methoxy groups -OCH3 is 1. The highest BCUT2D eigenvalue weighted by molar-refractivity contribution is 6.62. The molecule has 5 rings (SSSR count). The lowest BCUT2D eigenvalue weighted by Crippen LogP contribution is -2.41. The second-order valence-corrected chi connectivity index (χ2v) is 10.6. The quantitative estimate of drug-likeness (QED) is 0.471. The molecule has 9 heteroatoms. The minimum Gasteiger partial charge on any atom is -0.399 e. The maximum atomic E-state index is 6.22. The predicted octanol–water partition coefficient (Wildman–Crippen LogP) is 3.59. The van der Waals surface area contributed by atoms with Crippen LogP contribution in [-0.2, 0) is 26.0 Å². The van der Waals surface area contributed by atoms with E-state index in [2.05, 4.69) is 69.1 Å². The van der Waals surface area contributed by atoms with Crippen molar-refractivity contribution in [2.75, 3.05) is 13.7 Å². The lowest BCUT2D eigenvalue weighted by molar-refractivity contribution is 0.00578. The molecular weight excluding hydrogens is 431 g/mol. The Morgan fingerprint density at radius 1 is 1.12 bits per heavy atom. The van der Waals surface area contributed by atoms with Gasteiger partial charge in [0.1, 0.15) is 0 Å². The average Bonchev–Trinajstić information content (AvgIpc) is 3.26. The number of rotatable bonds is 8. The molecule has 0 spiro atoms. The first kappa shape index (κ1) is 23.3. The highest BCUT2D eigenvalue weighted by atomic mass is 16.7. The predicted molar refractivity (Wildman–Crippen MR) is 129 cm³/mol. The molecule has 1 atom stereocenters. The van der Waals surface area contributed by atoms with Crippen LogP contribution in [0.25, 0.3) is 11.5 Å². The number of nitrogens with zero attached hydrogens (tertiary/aromatic N) is 4. The molecule has 1 aliphatic heterocycles. The summed E-state index contributed by atoms with van der Waals surface area (Å²) >= 11 is 0. The van der Waals surface area contributed by atoms with Crippen LogP contribution in [0.2, 0.25) is 0 Å². The first-order chi connectivity index (χ1) is 16.1. The van der Waals surface area contributed by atoms with Gasteiger partial charge in [-0.15, -0.1) is 0 Å². The molecule has 8 nitrogen and oxygen atoms in total.